The lowest BCUT2D eigenvalue weighted by atomic mass is 10.3. The molecule has 1 N–H and O–H groups in total. The van der Waals surface area contributed by atoms with Crippen molar-refractivity contribution in [1.29, 1.82) is 0 Å². The lowest BCUT2D eigenvalue weighted by Gasteiger charge is -2.10. The van der Waals surface area contributed by atoms with Gasteiger partial charge in [-0.05, 0) is 30.3 Å². The summed E-state index contributed by atoms with van der Waals surface area (Å²) in [6, 6.07) is 8.64. The molecular formula is C18H16Cl2N4O2. The van der Waals surface area contributed by atoms with E-state index >= 15 is 0 Å². The fraction of sp³-hybridized carbons (Fsp3) is 0.167. The van der Waals surface area contributed by atoms with Crippen LogP contribution in [0, 0.1) is 0 Å². The number of nitrogens with zero attached hydrogens (tertiary/aromatic N) is 3. The van der Waals surface area contributed by atoms with Gasteiger partial charge in [0.25, 0.3) is 5.91 Å². The Balaban J connectivity index is 1.48. The first-order valence-electron chi connectivity index (χ1n) is 7.89. The third kappa shape index (κ3) is 4.74. The van der Waals surface area contributed by atoms with Crippen LogP contribution in [0.15, 0.2) is 55.1 Å². The molecule has 3 aromatic rings. The van der Waals surface area contributed by atoms with Crippen LogP contribution in [0.25, 0.3) is 11.4 Å². The monoisotopic (exact) mass is 390 g/mol. The van der Waals surface area contributed by atoms with Gasteiger partial charge < -0.3 is 14.6 Å². The molecule has 134 valence electrons. The van der Waals surface area contributed by atoms with Gasteiger partial charge in [0.2, 0.25) is 0 Å². The fourth-order valence-corrected chi connectivity index (χ4v) is 2.81. The van der Waals surface area contributed by atoms with Crippen LogP contribution in [0.3, 0.4) is 0 Å². The minimum Gasteiger partial charge on any atom is -0.482 e. The lowest BCUT2D eigenvalue weighted by Crippen LogP contribution is -2.31. The van der Waals surface area contributed by atoms with Crippen molar-refractivity contribution in [3.63, 3.8) is 0 Å². The van der Waals surface area contributed by atoms with Crippen molar-refractivity contribution in [1.82, 2.24) is 19.9 Å². The van der Waals surface area contributed by atoms with Crippen molar-refractivity contribution in [3.8, 4) is 17.1 Å². The zero-order valence-electron chi connectivity index (χ0n) is 13.7. The van der Waals surface area contributed by atoms with E-state index in [2.05, 4.69) is 15.3 Å². The number of benzene rings is 1. The number of aromatic nitrogens is 3. The summed E-state index contributed by atoms with van der Waals surface area (Å²) in [5.74, 6) is 0.982. The average Bonchev–Trinajstić information content (AvgIpc) is 3.10. The lowest BCUT2D eigenvalue weighted by molar-refractivity contribution is -0.123. The average molecular weight is 391 g/mol. The van der Waals surface area contributed by atoms with E-state index in [1.807, 2.05) is 22.9 Å². The maximum Gasteiger partial charge on any atom is 0.258 e. The van der Waals surface area contributed by atoms with Gasteiger partial charge in [0.05, 0.1) is 5.02 Å². The minimum absolute atomic E-state index is 0.124. The quantitative estimate of drug-likeness (QED) is 0.670. The Bertz CT molecular complexity index is 884. The molecule has 0 bridgehead atoms. The summed E-state index contributed by atoms with van der Waals surface area (Å²) < 4.78 is 7.36. The van der Waals surface area contributed by atoms with Crippen molar-refractivity contribution < 1.29 is 9.53 Å². The second-order valence-corrected chi connectivity index (χ2v) is 6.24. The third-order valence-electron chi connectivity index (χ3n) is 3.56. The Labute approximate surface area is 160 Å². The predicted molar refractivity (Wildman–Crippen MR) is 100 cm³/mol. The Morgan fingerprint density at radius 2 is 2.12 bits per heavy atom. The van der Waals surface area contributed by atoms with E-state index in [4.69, 9.17) is 27.9 Å². The van der Waals surface area contributed by atoms with Crippen LogP contribution < -0.4 is 10.1 Å². The maximum absolute atomic E-state index is 11.9. The van der Waals surface area contributed by atoms with Crippen LogP contribution in [-0.2, 0) is 11.3 Å². The first-order valence-corrected chi connectivity index (χ1v) is 8.65. The maximum atomic E-state index is 11.9. The summed E-state index contributed by atoms with van der Waals surface area (Å²) in [4.78, 5) is 20.4. The summed E-state index contributed by atoms with van der Waals surface area (Å²) in [5.41, 5.74) is 0.921. The zero-order valence-corrected chi connectivity index (χ0v) is 15.2. The highest BCUT2D eigenvalue weighted by atomic mass is 35.5. The number of amides is 1. The molecule has 6 nitrogen and oxygen atoms in total. The molecule has 26 heavy (non-hydrogen) atoms. The summed E-state index contributed by atoms with van der Waals surface area (Å²) in [5, 5.41) is 3.68. The van der Waals surface area contributed by atoms with Gasteiger partial charge in [0.15, 0.2) is 6.61 Å². The standard InChI is InChI=1S/C18H16Cl2N4O2/c19-14-3-4-16(15(20)10-14)26-12-17(25)22-6-8-24-9-7-23-18(24)13-2-1-5-21-11-13/h1-5,7,9-11H,6,8,12H2,(H,22,25). The second-order valence-electron chi connectivity index (χ2n) is 5.40. The van der Waals surface area contributed by atoms with Crippen LogP contribution >= 0.6 is 23.2 Å². The summed E-state index contributed by atoms with van der Waals surface area (Å²) in [7, 11) is 0. The van der Waals surface area contributed by atoms with Gasteiger partial charge in [0.1, 0.15) is 11.6 Å². The van der Waals surface area contributed by atoms with Crippen LogP contribution in [-0.4, -0.2) is 33.6 Å². The Hall–Kier alpha value is -2.57. The van der Waals surface area contributed by atoms with Gasteiger partial charge in [-0.15, -0.1) is 0 Å². The van der Waals surface area contributed by atoms with Crippen LogP contribution in [0.2, 0.25) is 10.0 Å². The fourth-order valence-electron chi connectivity index (χ4n) is 2.35. The van der Waals surface area contributed by atoms with Gasteiger partial charge in [-0.3, -0.25) is 9.78 Å². The molecule has 2 heterocycles. The number of rotatable bonds is 7. The van der Waals surface area contributed by atoms with Gasteiger partial charge in [0, 0.05) is 48.5 Å². The molecule has 0 aliphatic rings. The number of carbonyl (C=O) groups is 1. The van der Waals surface area contributed by atoms with Gasteiger partial charge in [-0.25, -0.2) is 4.98 Å². The molecule has 0 aliphatic carbocycles. The highest BCUT2D eigenvalue weighted by Gasteiger charge is 2.08. The zero-order chi connectivity index (χ0) is 18.4. The molecule has 8 heteroatoms. The minimum atomic E-state index is -0.237. The number of nitrogens with one attached hydrogen (secondary N) is 1. The number of carbonyl (C=O) groups excluding carboxylic acids is 1. The smallest absolute Gasteiger partial charge is 0.258 e. The van der Waals surface area contributed by atoms with E-state index < -0.39 is 0 Å². The Morgan fingerprint density at radius 1 is 1.23 bits per heavy atom. The molecule has 0 spiro atoms. The molecule has 0 unspecified atom stereocenters. The van der Waals surface area contributed by atoms with E-state index in [0.717, 1.165) is 11.4 Å². The number of hydrogen-bond donors (Lipinski definition) is 1. The van der Waals surface area contributed by atoms with Crippen LogP contribution in [0.5, 0.6) is 5.75 Å². The van der Waals surface area contributed by atoms with Crippen LogP contribution in [0.1, 0.15) is 0 Å². The normalized spacial score (nSPS) is 10.5. The summed E-state index contributed by atoms with van der Waals surface area (Å²) >= 11 is 11.8. The largest absolute Gasteiger partial charge is 0.482 e. The van der Waals surface area contributed by atoms with Crippen molar-refractivity contribution >= 4 is 29.1 Å². The molecule has 0 atom stereocenters. The molecular weight excluding hydrogens is 375 g/mol. The van der Waals surface area contributed by atoms with Crippen molar-refractivity contribution in [2.75, 3.05) is 13.2 Å². The molecule has 0 saturated heterocycles. The molecule has 0 saturated carbocycles. The number of hydrogen-bond acceptors (Lipinski definition) is 4. The van der Waals surface area contributed by atoms with Crippen molar-refractivity contribution in [3.05, 3.63) is 65.2 Å². The Kier molecular flexibility index (Phi) is 6.09. The summed E-state index contributed by atoms with van der Waals surface area (Å²) in [6.07, 6.45) is 7.04. The van der Waals surface area contributed by atoms with Gasteiger partial charge >= 0.3 is 0 Å². The number of ether oxygens (including phenoxy) is 1. The number of imidazole rings is 1. The second kappa shape index (κ2) is 8.69. The molecule has 3 rings (SSSR count). The van der Waals surface area contributed by atoms with E-state index in [-0.39, 0.29) is 12.5 Å². The van der Waals surface area contributed by atoms with E-state index in [9.17, 15) is 4.79 Å². The first-order chi connectivity index (χ1) is 12.6. The Morgan fingerprint density at radius 3 is 2.88 bits per heavy atom. The SMILES string of the molecule is O=C(COc1ccc(Cl)cc1Cl)NCCn1ccnc1-c1cccnc1. The molecule has 0 radical (unpaired) electrons. The van der Waals surface area contributed by atoms with E-state index in [1.54, 1.807) is 36.8 Å². The highest BCUT2D eigenvalue weighted by molar-refractivity contribution is 6.35. The van der Waals surface area contributed by atoms with E-state index in [0.29, 0.717) is 28.9 Å². The van der Waals surface area contributed by atoms with Crippen LogP contribution in [0.4, 0.5) is 0 Å². The number of halogens is 2. The topological polar surface area (TPSA) is 69.0 Å². The highest BCUT2D eigenvalue weighted by Crippen LogP contribution is 2.27. The van der Waals surface area contributed by atoms with Gasteiger partial charge in [-0.1, -0.05) is 23.2 Å². The molecule has 2 aromatic heterocycles. The molecule has 0 aliphatic heterocycles. The summed E-state index contributed by atoms with van der Waals surface area (Å²) in [6.45, 7) is 0.901. The number of pyridine rings is 1. The van der Waals surface area contributed by atoms with Gasteiger partial charge in [-0.2, -0.15) is 0 Å². The molecule has 1 amide bonds. The van der Waals surface area contributed by atoms with Crippen molar-refractivity contribution in [2.45, 2.75) is 6.54 Å². The first kappa shape index (κ1) is 18.2. The van der Waals surface area contributed by atoms with E-state index in [1.165, 1.54) is 0 Å². The predicted octanol–water partition coefficient (Wildman–Crippen LogP) is 3.45. The third-order valence-corrected chi connectivity index (χ3v) is 4.09. The molecule has 1 aromatic carbocycles. The van der Waals surface area contributed by atoms with Crippen molar-refractivity contribution in [2.24, 2.45) is 0 Å². The molecule has 0 fully saturated rings.